The van der Waals surface area contributed by atoms with E-state index in [9.17, 15) is 4.79 Å². The van der Waals surface area contributed by atoms with Gasteiger partial charge in [0.1, 0.15) is 11.5 Å². The van der Waals surface area contributed by atoms with Gasteiger partial charge in [0.25, 0.3) is 5.91 Å². The third-order valence-electron chi connectivity index (χ3n) is 5.80. The number of carbonyl (C=O) groups excluding carboxylic acids is 1. The molecule has 1 atom stereocenters. The van der Waals surface area contributed by atoms with Crippen molar-refractivity contribution in [2.75, 3.05) is 0 Å². The third-order valence-corrected chi connectivity index (χ3v) is 5.80. The second kappa shape index (κ2) is 7.94. The summed E-state index contributed by atoms with van der Waals surface area (Å²) in [4.78, 5) is 26.3. The Labute approximate surface area is 180 Å². The van der Waals surface area contributed by atoms with Crippen LogP contribution in [0.15, 0.2) is 42.7 Å². The van der Waals surface area contributed by atoms with Crippen LogP contribution in [0.2, 0.25) is 0 Å². The molecular formula is C23H25N7O. The zero-order valence-electron chi connectivity index (χ0n) is 17.7. The van der Waals surface area contributed by atoms with Gasteiger partial charge in [-0.2, -0.15) is 5.10 Å². The summed E-state index contributed by atoms with van der Waals surface area (Å²) in [5, 5.41) is 7.67. The highest BCUT2D eigenvalue weighted by atomic mass is 16.1. The zero-order chi connectivity index (χ0) is 21.4. The maximum Gasteiger partial charge on any atom is 0.270 e. The molecule has 0 spiro atoms. The SMILES string of the molecule is CCc1nc2ncccn2c1C(=O)NCc1ccc(-c2nc3n(n2)CC[C@@H](C)C3)cc1. The first-order valence-corrected chi connectivity index (χ1v) is 10.8. The molecule has 31 heavy (non-hydrogen) atoms. The van der Waals surface area contributed by atoms with Crippen molar-refractivity contribution in [3.05, 3.63) is 65.5 Å². The van der Waals surface area contributed by atoms with Crippen LogP contribution in [0.3, 0.4) is 0 Å². The van der Waals surface area contributed by atoms with Crippen LogP contribution in [0.25, 0.3) is 17.2 Å². The first-order valence-electron chi connectivity index (χ1n) is 10.8. The van der Waals surface area contributed by atoms with Gasteiger partial charge in [-0.1, -0.05) is 38.1 Å². The minimum atomic E-state index is -0.154. The smallest absolute Gasteiger partial charge is 0.270 e. The molecule has 158 valence electrons. The molecule has 1 aliphatic rings. The Morgan fingerprint density at radius 1 is 1.23 bits per heavy atom. The molecule has 0 saturated carbocycles. The molecule has 8 heteroatoms. The minimum Gasteiger partial charge on any atom is -0.347 e. The van der Waals surface area contributed by atoms with Gasteiger partial charge in [-0.15, -0.1) is 0 Å². The second-order valence-electron chi connectivity index (χ2n) is 8.10. The summed E-state index contributed by atoms with van der Waals surface area (Å²) in [6.45, 7) is 5.61. The highest BCUT2D eigenvalue weighted by Crippen LogP contribution is 2.22. The van der Waals surface area contributed by atoms with E-state index in [0.717, 1.165) is 47.9 Å². The number of carbonyl (C=O) groups is 1. The fourth-order valence-electron chi connectivity index (χ4n) is 4.04. The van der Waals surface area contributed by atoms with E-state index in [1.54, 1.807) is 16.7 Å². The van der Waals surface area contributed by atoms with Gasteiger partial charge in [-0.05, 0) is 30.4 Å². The van der Waals surface area contributed by atoms with E-state index in [1.807, 2.05) is 42.1 Å². The Balaban J connectivity index is 1.29. The van der Waals surface area contributed by atoms with Crippen LogP contribution in [0.1, 0.15) is 47.8 Å². The summed E-state index contributed by atoms with van der Waals surface area (Å²) in [6.07, 6.45) is 6.29. The average molecular weight is 416 g/mol. The van der Waals surface area contributed by atoms with Crippen molar-refractivity contribution in [1.82, 2.24) is 34.4 Å². The van der Waals surface area contributed by atoms with Gasteiger partial charge in [0, 0.05) is 37.5 Å². The number of nitrogens with one attached hydrogen (secondary N) is 1. The van der Waals surface area contributed by atoms with Crippen LogP contribution >= 0.6 is 0 Å². The lowest BCUT2D eigenvalue weighted by atomic mass is 10.0. The van der Waals surface area contributed by atoms with Gasteiger partial charge in [-0.25, -0.2) is 19.6 Å². The number of amides is 1. The summed E-state index contributed by atoms with van der Waals surface area (Å²) in [5.41, 5.74) is 3.30. The Bertz CT molecular complexity index is 1240. The van der Waals surface area contributed by atoms with Gasteiger partial charge in [0.2, 0.25) is 5.78 Å². The number of rotatable bonds is 5. The number of aryl methyl sites for hydroxylation is 2. The van der Waals surface area contributed by atoms with Crippen molar-refractivity contribution in [3.63, 3.8) is 0 Å². The molecule has 1 amide bonds. The molecule has 0 aliphatic carbocycles. The fraction of sp³-hybridized carbons (Fsp3) is 0.348. The topological polar surface area (TPSA) is 90.0 Å². The van der Waals surface area contributed by atoms with Crippen LogP contribution in [0.5, 0.6) is 0 Å². The molecule has 0 unspecified atom stereocenters. The van der Waals surface area contributed by atoms with Gasteiger partial charge >= 0.3 is 0 Å². The Morgan fingerprint density at radius 2 is 2.06 bits per heavy atom. The van der Waals surface area contributed by atoms with Gasteiger partial charge in [-0.3, -0.25) is 9.20 Å². The van der Waals surface area contributed by atoms with Gasteiger partial charge in [0.05, 0.1) is 5.69 Å². The Morgan fingerprint density at radius 3 is 2.87 bits per heavy atom. The van der Waals surface area contributed by atoms with Crippen LogP contribution in [0.4, 0.5) is 0 Å². The molecule has 4 heterocycles. The van der Waals surface area contributed by atoms with Crippen molar-refractivity contribution in [2.24, 2.45) is 5.92 Å². The summed E-state index contributed by atoms with van der Waals surface area (Å²) in [7, 11) is 0. The third kappa shape index (κ3) is 3.69. The Hall–Kier alpha value is -3.55. The molecule has 0 fully saturated rings. The molecule has 8 nitrogen and oxygen atoms in total. The second-order valence-corrected chi connectivity index (χ2v) is 8.10. The molecular weight excluding hydrogens is 390 g/mol. The molecule has 4 aromatic rings. The normalized spacial score (nSPS) is 15.7. The van der Waals surface area contributed by atoms with Crippen molar-refractivity contribution < 1.29 is 4.79 Å². The number of imidazole rings is 1. The number of nitrogens with zero attached hydrogens (tertiary/aromatic N) is 6. The van der Waals surface area contributed by atoms with E-state index in [1.165, 1.54) is 0 Å². The van der Waals surface area contributed by atoms with E-state index in [0.29, 0.717) is 30.4 Å². The largest absolute Gasteiger partial charge is 0.347 e. The molecule has 1 N–H and O–H groups in total. The quantitative estimate of drug-likeness (QED) is 0.541. The average Bonchev–Trinajstić information content (AvgIpc) is 3.38. The molecule has 3 aromatic heterocycles. The molecule has 5 rings (SSSR count). The predicted octanol–water partition coefficient (Wildman–Crippen LogP) is 3.06. The number of aromatic nitrogens is 6. The monoisotopic (exact) mass is 415 g/mol. The molecule has 0 radical (unpaired) electrons. The van der Waals surface area contributed by atoms with Crippen LogP contribution in [-0.4, -0.2) is 35.0 Å². The summed E-state index contributed by atoms with van der Waals surface area (Å²) < 4.78 is 3.77. The maximum atomic E-state index is 12.9. The van der Waals surface area contributed by atoms with Crippen molar-refractivity contribution in [1.29, 1.82) is 0 Å². The number of fused-ring (bicyclic) bond motifs is 2. The van der Waals surface area contributed by atoms with Gasteiger partial charge in [0.15, 0.2) is 5.82 Å². The molecule has 0 bridgehead atoms. The van der Waals surface area contributed by atoms with Crippen LogP contribution in [-0.2, 0) is 25.9 Å². The van der Waals surface area contributed by atoms with E-state index in [2.05, 4.69) is 27.3 Å². The summed E-state index contributed by atoms with van der Waals surface area (Å²) in [6, 6.07) is 9.85. The molecule has 0 saturated heterocycles. The zero-order valence-corrected chi connectivity index (χ0v) is 17.7. The summed E-state index contributed by atoms with van der Waals surface area (Å²) >= 11 is 0. The highest BCUT2D eigenvalue weighted by molar-refractivity contribution is 5.94. The molecule has 1 aliphatic heterocycles. The van der Waals surface area contributed by atoms with Crippen molar-refractivity contribution in [3.8, 4) is 11.4 Å². The first-order chi connectivity index (χ1) is 15.1. The lowest BCUT2D eigenvalue weighted by Gasteiger charge is -2.17. The number of hydrogen-bond acceptors (Lipinski definition) is 5. The van der Waals surface area contributed by atoms with E-state index >= 15 is 0 Å². The van der Waals surface area contributed by atoms with Crippen LogP contribution < -0.4 is 5.32 Å². The van der Waals surface area contributed by atoms with Crippen LogP contribution in [0, 0.1) is 5.92 Å². The van der Waals surface area contributed by atoms with Gasteiger partial charge < -0.3 is 5.32 Å². The lowest BCUT2D eigenvalue weighted by Crippen LogP contribution is -2.25. The van der Waals surface area contributed by atoms with E-state index < -0.39 is 0 Å². The van der Waals surface area contributed by atoms with E-state index in [-0.39, 0.29) is 5.91 Å². The maximum absolute atomic E-state index is 12.9. The van der Waals surface area contributed by atoms with E-state index in [4.69, 9.17) is 4.98 Å². The standard InChI is InChI=1S/C23H25N7O/c1-3-18-20(29-11-4-10-24-23(29)26-18)22(31)25-14-16-5-7-17(8-6-16)21-27-19-13-15(2)9-12-30(19)28-21/h4-8,10-11,15H,3,9,12-14H2,1-2H3,(H,25,31)/t15-/m1/s1. The number of hydrogen-bond donors (Lipinski definition) is 1. The molecule has 1 aromatic carbocycles. The lowest BCUT2D eigenvalue weighted by molar-refractivity contribution is 0.0944. The Kier molecular flexibility index (Phi) is 4.97. The van der Waals surface area contributed by atoms with Crippen molar-refractivity contribution >= 4 is 11.7 Å². The number of benzene rings is 1. The summed E-state index contributed by atoms with van der Waals surface area (Å²) in [5.74, 6) is 2.88. The highest BCUT2D eigenvalue weighted by Gasteiger charge is 2.20. The minimum absolute atomic E-state index is 0.154. The van der Waals surface area contributed by atoms with Crippen molar-refractivity contribution in [2.45, 2.75) is 46.2 Å². The fourth-order valence-corrected chi connectivity index (χ4v) is 4.04. The predicted molar refractivity (Wildman–Crippen MR) is 116 cm³/mol. The first kappa shape index (κ1) is 19.4.